The molecular weight excluding hydrogens is 306 g/mol. The van der Waals surface area contributed by atoms with Crippen molar-refractivity contribution in [2.24, 2.45) is 13.0 Å². The van der Waals surface area contributed by atoms with Crippen LogP contribution >= 0.6 is 0 Å². The third kappa shape index (κ3) is 3.12. The fraction of sp³-hybridized carbons (Fsp3) is 0.500. The first-order chi connectivity index (χ1) is 11.8. The van der Waals surface area contributed by atoms with Gasteiger partial charge < -0.3 is 19.5 Å². The van der Waals surface area contributed by atoms with Crippen LogP contribution < -0.4 is 14.8 Å². The monoisotopic (exact) mass is 329 g/mol. The Labute approximate surface area is 141 Å². The average Bonchev–Trinajstić information content (AvgIpc) is 3.24. The minimum absolute atomic E-state index is 0.135. The third-order valence-electron chi connectivity index (χ3n) is 4.64. The largest absolute Gasteiger partial charge is 0.486 e. The van der Waals surface area contributed by atoms with E-state index < -0.39 is 0 Å². The number of aryl methyl sites for hydroxylation is 1. The van der Waals surface area contributed by atoms with E-state index in [1.54, 1.807) is 0 Å². The zero-order valence-corrected chi connectivity index (χ0v) is 13.9. The number of nitrogens with zero attached hydrogens (tertiary/aromatic N) is 2. The summed E-state index contributed by atoms with van der Waals surface area (Å²) in [5.74, 6) is 2.19. The second-order valence-electron chi connectivity index (χ2n) is 6.36. The van der Waals surface area contributed by atoms with Gasteiger partial charge in [-0.1, -0.05) is 12.1 Å². The first-order valence-corrected chi connectivity index (χ1v) is 8.49. The first kappa shape index (κ1) is 15.5. The fourth-order valence-electron chi connectivity index (χ4n) is 3.46. The second kappa shape index (κ2) is 6.83. The third-order valence-corrected chi connectivity index (χ3v) is 4.64. The van der Waals surface area contributed by atoms with Crippen LogP contribution in [0.25, 0.3) is 0 Å². The number of rotatable bonds is 5. The number of hydrogen-bond donors (Lipinski definition) is 1. The maximum atomic E-state index is 5.92. The van der Waals surface area contributed by atoms with Gasteiger partial charge in [-0.2, -0.15) is 5.10 Å². The zero-order valence-electron chi connectivity index (χ0n) is 13.9. The maximum Gasteiger partial charge on any atom is 0.165 e. The molecule has 24 heavy (non-hydrogen) atoms. The quantitative estimate of drug-likeness (QED) is 0.910. The Hall–Kier alpha value is -2.05. The normalized spacial score (nSPS) is 22.7. The lowest BCUT2D eigenvalue weighted by atomic mass is 9.97. The Bertz CT molecular complexity index is 701. The van der Waals surface area contributed by atoms with Gasteiger partial charge >= 0.3 is 0 Å². The number of fused-ring (bicyclic) bond motifs is 1. The second-order valence-corrected chi connectivity index (χ2v) is 6.36. The van der Waals surface area contributed by atoms with Crippen molar-refractivity contribution in [1.29, 1.82) is 0 Å². The molecule has 0 spiro atoms. The molecule has 2 aromatic rings. The highest BCUT2D eigenvalue weighted by molar-refractivity contribution is 5.47. The lowest BCUT2D eigenvalue weighted by Gasteiger charge is -2.22. The van der Waals surface area contributed by atoms with E-state index in [1.165, 1.54) is 0 Å². The molecule has 128 valence electrons. The van der Waals surface area contributed by atoms with Crippen LogP contribution in [0.3, 0.4) is 0 Å². The predicted molar refractivity (Wildman–Crippen MR) is 89.1 cm³/mol. The molecule has 0 unspecified atom stereocenters. The molecule has 1 saturated heterocycles. The van der Waals surface area contributed by atoms with Gasteiger partial charge in [-0.05, 0) is 12.5 Å². The van der Waals surface area contributed by atoms with E-state index >= 15 is 0 Å². The lowest BCUT2D eigenvalue weighted by molar-refractivity contribution is 0.0903. The molecule has 3 heterocycles. The summed E-state index contributed by atoms with van der Waals surface area (Å²) < 4.78 is 19.2. The predicted octanol–water partition coefficient (Wildman–Crippen LogP) is 2.06. The molecular formula is C18H23N3O3. The van der Waals surface area contributed by atoms with E-state index in [4.69, 9.17) is 14.2 Å². The summed E-state index contributed by atoms with van der Waals surface area (Å²) in [6.45, 7) is 3.72. The topological polar surface area (TPSA) is 57.5 Å². The van der Waals surface area contributed by atoms with Crippen LogP contribution in [0.2, 0.25) is 0 Å². The highest BCUT2D eigenvalue weighted by atomic mass is 16.6. The molecule has 0 amide bonds. The van der Waals surface area contributed by atoms with Crippen molar-refractivity contribution in [2.75, 3.05) is 26.4 Å². The molecule has 2 aliphatic heterocycles. The Kier molecular flexibility index (Phi) is 4.40. The smallest absolute Gasteiger partial charge is 0.165 e. The van der Waals surface area contributed by atoms with Crippen LogP contribution in [0.5, 0.6) is 11.5 Å². The fourth-order valence-corrected chi connectivity index (χ4v) is 3.46. The number of aromatic nitrogens is 2. The van der Waals surface area contributed by atoms with E-state index in [2.05, 4.69) is 16.5 Å². The summed E-state index contributed by atoms with van der Waals surface area (Å²) in [7, 11) is 1.94. The van der Waals surface area contributed by atoms with Crippen molar-refractivity contribution in [2.45, 2.75) is 19.1 Å². The SMILES string of the molecule is Cn1cc([C@H]2OCC[C@H]2CNCc2cccc3c2OCCO3)cn1. The molecule has 0 bridgehead atoms. The zero-order chi connectivity index (χ0) is 16.4. The van der Waals surface area contributed by atoms with Crippen molar-refractivity contribution >= 4 is 0 Å². The summed E-state index contributed by atoms with van der Waals surface area (Å²) in [5.41, 5.74) is 2.31. The molecule has 1 N–H and O–H groups in total. The molecule has 1 fully saturated rings. The van der Waals surface area contributed by atoms with Crippen molar-refractivity contribution < 1.29 is 14.2 Å². The van der Waals surface area contributed by atoms with Crippen molar-refractivity contribution in [3.8, 4) is 11.5 Å². The standard InChI is InChI=1S/C18H23N3O3/c1-21-12-15(11-20-21)17-14(5-6-23-17)10-19-9-13-3-2-4-16-18(13)24-8-7-22-16/h2-4,11-12,14,17,19H,5-10H2,1H3/t14-,17-/m0/s1. The van der Waals surface area contributed by atoms with Gasteiger partial charge in [0, 0.05) is 50.0 Å². The minimum Gasteiger partial charge on any atom is -0.486 e. The summed E-state index contributed by atoms with van der Waals surface area (Å²) in [6.07, 6.45) is 5.15. The van der Waals surface area contributed by atoms with Crippen molar-refractivity contribution in [3.63, 3.8) is 0 Å². The average molecular weight is 329 g/mol. The van der Waals surface area contributed by atoms with E-state index in [0.717, 1.165) is 48.7 Å². The van der Waals surface area contributed by atoms with Gasteiger partial charge in [0.1, 0.15) is 13.2 Å². The summed E-state index contributed by atoms with van der Waals surface area (Å²) >= 11 is 0. The Morgan fingerprint density at radius 1 is 1.25 bits per heavy atom. The number of hydrogen-bond acceptors (Lipinski definition) is 5. The Balaban J connectivity index is 1.37. The molecule has 0 aliphatic carbocycles. The van der Waals surface area contributed by atoms with Crippen molar-refractivity contribution in [1.82, 2.24) is 15.1 Å². The van der Waals surface area contributed by atoms with Crippen LogP contribution in [0.15, 0.2) is 30.6 Å². The maximum absolute atomic E-state index is 5.92. The van der Waals surface area contributed by atoms with E-state index in [0.29, 0.717) is 19.1 Å². The van der Waals surface area contributed by atoms with Gasteiger partial charge in [0.15, 0.2) is 11.5 Å². The summed E-state index contributed by atoms with van der Waals surface area (Å²) in [5, 5.41) is 7.82. The molecule has 0 saturated carbocycles. The van der Waals surface area contributed by atoms with Gasteiger partial charge in [0.2, 0.25) is 0 Å². The highest BCUT2D eigenvalue weighted by Gasteiger charge is 2.30. The van der Waals surface area contributed by atoms with E-state index in [1.807, 2.05) is 36.3 Å². The lowest BCUT2D eigenvalue weighted by Crippen LogP contribution is -2.25. The Morgan fingerprint density at radius 3 is 3.04 bits per heavy atom. The van der Waals surface area contributed by atoms with Crippen molar-refractivity contribution in [3.05, 3.63) is 41.7 Å². The van der Waals surface area contributed by atoms with Gasteiger partial charge in [0.05, 0.1) is 12.3 Å². The number of benzene rings is 1. The Morgan fingerprint density at radius 2 is 2.17 bits per heavy atom. The van der Waals surface area contributed by atoms with E-state index in [-0.39, 0.29) is 6.10 Å². The van der Waals surface area contributed by atoms with Crippen LogP contribution in [0.4, 0.5) is 0 Å². The minimum atomic E-state index is 0.135. The summed E-state index contributed by atoms with van der Waals surface area (Å²) in [4.78, 5) is 0. The van der Waals surface area contributed by atoms with Gasteiger partial charge in [0.25, 0.3) is 0 Å². The molecule has 2 atom stereocenters. The van der Waals surface area contributed by atoms with Crippen LogP contribution in [-0.4, -0.2) is 36.1 Å². The number of ether oxygens (including phenoxy) is 3. The molecule has 1 aromatic heterocycles. The van der Waals surface area contributed by atoms with Crippen LogP contribution in [0.1, 0.15) is 23.7 Å². The van der Waals surface area contributed by atoms with E-state index in [9.17, 15) is 0 Å². The highest BCUT2D eigenvalue weighted by Crippen LogP contribution is 2.35. The number of para-hydroxylation sites is 1. The summed E-state index contributed by atoms with van der Waals surface area (Å²) in [6, 6.07) is 6.06. The molecule has 6 nitrogen and oxygen atoms in total. The number of nitrogens with one attached hydrogen (secondary N) is 1. The van der Waals surface area contributed by atoms with Gasteiger partial charge in [-0.25, -0.2) is 0 Å². The molecule has 1 aromatic carbocycles. The van der Waals surface area contributed by atoms with Gasteiger partial charge in [-0.15, -0.1) is 0 Å². The molecule has 4 rings (SSSR count). The molecule has 2 aliphatic rings. The first-order valence-electron chi connectivity index (χ1n) is 8.49. The van der Waals surface area contributed by atoms with Crippen LogP contribution in [-0.2, 0) is 18.3 Å². The molecule has 0 radical (unpaired) electrons. The van der Waals surface area contributed by atoms with Crippen LogP contribution in [0, 0.1) is 5.92 Å². The van der Waals surface area contributed by atoms with Gasteiger partial charge in [-0.3, -0.25) is 4.68 Å². The molecule has 6 heteroatoms.